The van der Waals surface area contributed by atoms with Crippen LogP contribution >= 0.6 is 0 Å². The van der Waals surface area contributed by atoms with Gasteiger partial charge < -0.3 is 9.64 Å². The van der Waals surface area contributed by atoms with Gasteiger partial charge in [-0.05, 0) is 61.4 Å². The van der Waals surface area contributed by atoms with E-state index in [4.69, 9.17) is 4.74 Å². The van der Waals surface area contributed by atoms with Crippen LogP contribution in [0.25, 0.3) is 28.2 Å². The van der Waals surface area contributed by atoms with Gasteiger partial charge in [-0.1, -0.05) is 42.5 Å². The van der Waals surface area contributed by atoms with Gasteiger partial charge >= 0.3 is 0 Å². The number of fused-ring (bicyclic) bond motifs is 2. The highest BCUT2D eigenvalue weighted by molar-refractivity contribution is 5.97. The first-order valence-electron chi connectivity index (χ1n) is 12.1. The Labute approximate surface area is 205 Å². The zero-order valence-electron chi connectivity index (χ0n) is 20.0. The van der Waals surface area contributed by atoms with Gasteiger partial charge in [-0.15, -0.1) is 0 Å². The molecule has 2 aliphatic heterocycles. The van der Waals surface area contributed by atoms with Crippen LogP contribution in [0.4, 0.5) is 0 Å². The maximum Gasteiger partial charge on any atom is 0.253 e. The van der Waals surface area contributed by atoms with Crippen LogP contribution < -0.4 is 4.74 Å². The lowest BCUT2D eigenvalue weighted by atomic mass is 9.87. The number of hydrogen-bond donors (Lipinski definition) is 0. The Morgan fingerprint density at radius 3 is 2.37 bits per heavy atom. The Bertz CT molecular complexity index is 1470. The Balaban J connectivity index is 1.17. The molecule has 3 heterocycles. The Morgan fingerprint density at radius 1 is 0.857 bits per heavy atom. The van der Waals surface area contributed by atoms with E-state index in [9.17, 15) is 4.79 Å². The van der Waals surface area contributed by atoms with Crippen molar-refractivity contribution in [1.82, 2.24) is 14.9 Å². The molecule has 174 valence electrons. The molecule has 35 heavy (non-hydrogen) atoms. The molecule has 1 amide bonds. The lowest BCUT2D eigenvalue weighted by molar-refractivity contribution is 0.0329. The molecule has 0 radical (unpaired) electrons. The van der Waals surface area contributed by atoms with Crippen LogP contribution in [0.2, 0.25) is 0 Å². The topological polar surface area (TPSA) is 55.3 Å². The quantitative estimate of drug-likeness (QED) is 0.368. The molecule has 5 nitrogen and oxygen atoms in total. The maximum absolute atomic E-state index is 13.3. The number of carbonyl (C=O) groups excluding carboxylic acids is 1. The highest BCUT2D eigenvalue weighted by Crippen LogP contribution is 2.39. The molecule has 6 rings (SSSR count). The van der Waals surface area contributed by atoms with E-state index in [1.165, 1.54) is 11.1 Å². The third-order valence-electron chi connectivity index (χ3n) is 7.22. The molecule has 4 aromatic rings. The van der Waals surface area contributed by atoms with Crippen molar-refractivity contribution in [1.29, 1.82) is 0 Å². The van der Waals surface area contributed by atoms with Gasteiger partial charge in [-0.3, -0.25) is 4.79 Å². The minimum absolute atomic E-state index is 0.0365. The van der Waals surface area contributed by atoms with Gasteiger partial charge in [-0.2, -0.15) is 0 Å². The Kier molecular flexibility index (Phi) is 5.14. The lowest BCUT2D eigenvalue weighted by Crippen LogP contribution is -2.49. The summed E-state index contributed by atoms with van der Waals surface area (Å²) >= 11 is 0. The molecule has 0 atom stereocenters. The van der Waals surface area contributed by atoms with Crippen molar-refractivity contribution >= 4 is 23.0 Å². The largest absolute Gasteiger partial charge is 0.482 e. The summed E-state index contributed by atoms with van der Waals surface area (Å²) in [5.74, 6) is 0.945. The summed E-state index contributed by atoms with van der Waals surface area (Å²) in [4.78, 5) is 24.4. The first-order chi connectivity index (χ1) is 17.0. The zero-order valence-corrected chi connectivity index (χ0v) is 20.0. The van der Waals surface area contributed by atoms with Gasteiger partial charge in [0.1, 0.15) is 11.4 Å². The molecule has 3 aromatic carbocycles. The van der Waals surface area contributed by atoms with Gasteiger partial charge in [0.2, 0.25) is 0 Å². The average Bonchev–Trinajstić information content (AvgIpc) is 2.89. The SMILES string of the molecule is Cc1nc2ccc(C(=O)N3CCC4(C=Cc5cc(-c6ccccc6)ccc5O4)CC3)cc2nc1C. The minimum atomic E-state index is -0.360. The number of nitrogens with zero attached hydrogens (tertiary/aromatic N) is 3. The molecular formula is C30H27N3O2. The molecule has 0 saturated carbocycles. The van der Waals surface area contributed by atoms with E-state index in [2.05, 4.69) is 64.6 Å². The number of piperidine rings is 1. The number of carbonyl (C=O) groups is 1. The first-order valence-corrected chi connectivity index (χ1v) is 12.1. The van der Waals surface area contributed by atoms with Crippen LogP contribution in [0.3, 0.4) is 0 Å². The molecule has 1 aromatic heterocycles. The molecule has 1 saturated heterocycles. The Morgan fingerprint density at radius 2 is 1.60 bits per heavy atom. The van der Waals surface area contributed by atoms with E-state index in [-0.39, 0.29) is 11.5 Å². The van der Waals surface area contributed by atoms with Gasteiger partial charge in [0.15, 0.2) is 0 Å². The van der Waals surface area contributed by atoms with Crippen LogP contribution in [-0.2, 0) is 0 Å². The van der Waals surface area contributed by atoms with Crippen molar-refractivity contribution in [3.63, 3.8) is 0 Å². The molecule has 0 aliphatic carbocycles. The van der Waals surface area contributed by atoms with E-state index >= 15 is 0 Å². The van der Waals surface area contributed by atoms with Crippen LogP contribution in [-0.4, -0.2) is 39.5 Å². The van der Waals surface area contributed by atoms with Crippen molar-refractivity contribution in [3.05, 3.63) is 95.3 Å². The highest BCUT2D eigenvalue weighted by Gasteiger charge is 2.38. The van der Waals surface area contributed by atoms with Crippen molar-refractivity contribution in [3.8, 4) is 16.9 Å². The zero-order chi connectivity index (χ0) is 24.0. The van der Waals surface area contributed by atoms with Crippen LogP contribution in [0.1, 0.15) is 40.2 Å². The minimum Gasteiger partial charge on any atom is -0.482 e. The molecule has 0 N–H and O–H groups in total. The monoisotopic (exact) mass is 461 g/mol. The van der Waals surface area contributed by atoms with Crippen LogP contribution in [0.15, 0.2) is 72.8 Å². The number of aromatic nitrogens is 2. The number of hydrogen-bond acceptors (Lipinski definition) is 4. The van der Waals surface area contributed by atoms with Crippen LogP contribution in [0.5, 0.6) is 5.75 Å². The van der Waals surface area contributed by atoms with Crippen molar-refractivity contribution in [2.24, 2.45) is 0 Å². The van der Waals surface area contributed by atoms with E-state index in [1.54, 1.807) is 0 Å². The summed E-state index contributed by atoms with van der Waals surface area (Å²) in [6.45, 7) is 5.19. The maximum atomic E-state index is 13.3. The number of amides is 1. The predicted molar refractivity (Wildman–Crippen MR) is 138 cm³/mol. The third-order valence-corrected chi connectivity index (χ3v) is 7.22. The first kappa shape index (κ1) is 21.5. The lowest BCUT2D eigenvalue weighted by Gasteiger charge is -2.42. The fraction of sp³-hybridized carbons (Fsp3) is 0.233. The van der Waals surface area contributed by atoms with Crippen molar-refractivity contribution in [2.75, 3.05) is 13.1 Å². The number of likely N-dealkylation sites (tertiary alicyclic amines) is 1. The molecular weight excluding hydrogens is 434 g/mol. The van der Waals surface area contributed by atoms with Gasteiger partial charge in [0.25, 0.3) is 5.91 Å². The number of rotatable bonds is 2. The number of ether oxygens (including phenoxy) is 1. The summed E-state index contributed by atoms with van der Waals surface area (Å²) < 4.78 is 6.52. The van der Waals surface area contributed by atoms with E-state index < -0.39 is 0 Å². The molecule has 0 bridgehead atoms. The predicted octanol–water partition coefficient (Wildman–Crippen LogP) is 5.99. The van der Waals surface area contributed by atoms with Crippen molar-refractivity contribution in [2.45, 2.75) is 32.3 Å². The summed E-state index contributed by atoms with van der Waals surface area (Å²) in [6.07, 6.45) is 5.89. The average molecular weight is 462 g/mol. The van der Waals surface area contributed by atoms with Crippen LogP contribution in [0, 0.1) is 13.8 Å². The standard InChI is InChI=1S/C30H27N3O2/c1-20-21(2)32-27-19-25(8-10-26(27)31-20)29(34)33-16-14-30(15-17-33)13-12-24-18-23(9-11-28(24)35-30)22-6-4-3-5-7-22/h3-13,18-19H,14-17H2,1-2H3. The van der Waals surface area contributed by atoms with E-state index in [0.717, 1.165) is 46.6 Å². The third kappa shape index (κ3) is 3.97. The summed E-state index contributed by atoms with van der Waals surface area (Å²) in [5.41, 5.74) is 7.15. The van der Waals surface area contributed by atoms with Gasteiger partial charge in [0, 0.05) is 37.1 Å². The number of aryl methyl sites for hydroxylation is 2. The summed E-state index contributed by atoms with van der Waals surface area (Å²) in [5, 5.41) is 0. The molecule has 0 unspecified atom stereocenters. The van der Waals surface area contributed by atoms with E-state index in [1.807, 2.05) is 43.0 Å². The molecule has 1 fully saturated rings. The summed E-state index contributed by atoms with van der Waals surface area (Å²) in [7, 11) is 0. The smallest absolute Gasteiger partial charge is 0.253 e. The summed E-state index contributed by atoms with van der Waals surface area (Å²) in [6, 6.07) is 22.3. The molecule has 2 aliphatic rings. The van der Waals surface area contributed by atoms with E-state index in [0.29, 0.717) is 18.7 Å². The van der Waals surface area contributed by atoms with Gasteiger partial charge in [-0.25, -0.2) is 9.97 Å². The molecule has 5 heteroatoms. The van der Waals surface area contributed by atoms with Crippen molar-refractivity contribution < 1.29 is 9.53 Å². The molecule has 1 spiro atoms. The second-order valence-electron chi connectivity index (χ2n) is 9.51. The Hall–Kier alpha value is -3.99. The highest BCUT2D eigenvalue weighted by atomic mass is 16.5. The van der Waals surface area contributed by atoms with Gasteiger partial charge in [0.05, 0.1) is 22.4 Å². The normalized spacial score (nSPS) is 16.2. The second kappa shape index (κ2) is 8.35. The fourth-order valence-corrected chi connectivity index (χ4v) is 4.98. The second-order valence-corrected chi connectivity index (χ2v) is 9.51. The number of benzene rings is 3. The fourth-order valence-electron chi connectivity index (χ4n) is 4.98.